The molecule has 0 saturated heterocycles. The molecule has 0 atom stereocenters. The maximum Gasteiger partial charge on any atom is 0.244 e. The fraction of sp³-hybridized carbons (Fsp3) is 0.125. The van der Waals surface area contributed by atoms with E-state index in [4.69, 9.17) is 0 Å². The Labute approximate surface area is 114 Å². The Morgan fingerprint density at radius 3 is 2.47 bits per heavy atom. The molecule has 98 valence electrons. The van der Waals surface area contributed by atoms with Crippen LogP contribution in [0.4, 0.5) is 0 Å². The molecule has 0 aliphatic heterocycles. The monoisotopic (exact) mass is 254 g/mol. The number of amides is 1. The van der Waals surface area contributed by atoms with Crippen molar-refractivity contribution in [3.8, 4) is 0 Å². The summed E-state index contributed by atoms with van der Waals surface area (Å²) in [5.41, 5.74) is 2.04. The van der Waals surface area contributed by atoms with Crippen LogP contribution in [0.25, 0.3) is 6.08 Å². The van der Waals surface area contributed by atoms with E-state index in [-0.39, 0.29) is 13.3 Å². The molecule has 0 spiro atoms. The van der Waals surface area contributed by atoms with E-state index in [0.717, 1.165) is 11.1 Å². The first-order valence-corrected chi connectivity index (χ1v) is 5.74. The summed E-state index contributed by atoms with van der Waals surface area (Å²) in [6.07, 6.45) is 6.68. The fourth-order valence-electron chi connectivity index (χ4n) is 1.49. The smallest absolute Gasteiger partial charge is 0.244 e. The third-order valence-corrected chi connectivity index (χ3v) is 2.44. The van der Waals surface area contributed by atoms with Crippen molar-refractivity contribution in [3.05, 3.63) is 72.1 Å². The van der Waals surface area contributed by atoms with Gasteiger partial charge in [-0.1, -0.05) is 37.8 Å². The van der Waals surface area contributed by atoms with E-state index in [1.165, 1.54) is 6.08 Å². The van der Waals surface area contributed by atoms with Gasteiger partial charge in [-0.2, -0.15) is 0 Å². The van der Waals surface area contributed by atoms with Crippen molar-refractivity contribution in [1.82, 2.24) is 10.3 Å². The van der Waals surface area contributed by atoms with E-state index in [1.54, 1.807) is 18.5 Å². The number of hydrogen-bond donors (Lipinski definition) is 1. The van der Waals surface area contributed by atoms with Gasteiger partial charge in [0.25, 0.3) is 0 Å². The van der Waals surface area contributed by atoms with Gasteiger partial charge in [-0.05, 0) is 29.3 Å². The van der Waals surface area contributed by atoms with Crippen LogP contribution >= 0.6 is 0 Å². The van der Waals surface area contributed by atoms with Gasteiger partial charge in [0.15, 0.2) is 0 Å². The molecule has 2 aromatic rings. The highest BCUT2D eigenvalue weighted by Crippen LogP contribution is 2.00. The topological polar surface area (TPSA) is 42.0 Å². The second-order valence-electron chi connectivity index (χ2n) is 3.82. The van der Waals surface area contributed by atoms with Gasteiger partial charge >= 0.3 is 0 Å². The molecule has 0 unspecified atom stereocenters. The molecule has 0 radical (unpaired) electrons. The second kappa shape index (κ2) is 7.82. The molecule has 1 N–H and O–H groups in total. The van der Waals surface area contributed by atoms with Crippen LogP contribution in [0.15, 0.2) is 60.9 Å². The quantitative estimate of drug-likeness (QED) is 0.852. The number of rotatable bonds is 4. The summed E-state index contributed by atoms with van der Waals surface area (Å²) in [5, 5.41) is 2.83. The second-order valence-corrected chi connectivity index (χ2v) is 3.82. The summed E-state index contributed by atoms with van der Waals surface area (Å²) in [5.74, 6) is -0.101. The van der Waals surface area contributed by atoms with Crippen molar-refractivity contribution >= 4 is 12.0 Å². The van der Waals surface area contributed by atoms with Crippen molar-refractivity contribution in [3.63, 3.8) is 0 Å². The molecule has 1 amide bonds. The molecule has 3 nitrogen and oxygen atoms in total. The minimum atomic E-state index is -0.101. The molecule has 0 aliphatic rings. The summed E-state index contributed by atoms with van der Waals surface area (Å²) in [6.45, 7) is 0.542. The van der Waals surface area contributed by atoms with Crippen LogP contribution in [-0.4, -0.2) is 10.9 Å². The van der Waals surface area contributed by atoms with Crippen LogP contribution in [0.2, 0.25) is 0 Å². The van der Waals surface area contributed by atoms with Gasteiger partial charge in [0, 0.05) is 25.0 Å². The highest BCUT2D eigenvalue weighted by molar-refractivity contribution is 5.91. The van der Waals surface area contributed by atoms with E-state index in [9.17, 15) is 4.79 Å². The average Bonchev–Trinajstić information content (AvgIpc) is 2.45. The van der Waals surface area contributed by atoms with Crippen molar-refractivity contribution < 1.29 is 4.79 Å². The predicted molar refractivity (Wildman–Crippen MR) is 78.3 cm³/mol. The Morgan fingerprint density at radius 1 is 1.11 bits per heavy atom. The molecular weight excluding hydrogens is 236 g/mol. The Balaban J connectivity index is 0.00000180. The zero-order chi connectivity index (χ0) is 12.6. The number of aromatic nitrogens is 1. The molecule has 0 saturated carbocycles. The van der Waals surface area contributed by atoms with Crippen LogP contribution in [0, 0.1) is 0 Å². The van der Waals surface area contributed by atoms with Gasteiger partial charge in [0.1, 0.15) is 0 Å². The summed E-state index contributed by atoms with van der Waals surface area (Å²) >= 11 is 0. The van der Waals surface area contributed by atoms with Crippen LogP contribution in [0.5, 0.6) is 0 Å². The van der Waals surface area contributed by atoms with Crippen molar-refractivity contribution in [2.75, 3.05) is 0 Å². The Morgan fingerprint density at radius 2 is 1.79 bits per heavy atom. The molecule has 1 aromatic carbocycles. The highest BCUT2D eigenvalue weighted by Gasteiger charge is 1.95. The average molecular weight is 254 g/mol. The van der Waals surface area contributed by atoms with Gasteiger partial charge in [-0.25, -0.2) is 0 Å². The van der Waals surface area contributed by atoms with Crippen LogP contribution in [-0.2, 0) is 11.3 Å². The number of hydrogen-bond acceptors (Lipinski definition) is 2. The molecule has 1 heterocycles. The van der Waals surface area contributed by atoms with Crippen LogP contribution in [0.1, 0.15) is 18.6 Å². The largest absolute Gasteiger partial charge is 0.348 e. The van der Waals surface area contributed by atoms with Gasteiger partial charge in [0.05, 0.1) is 0 Å². The zero-order valence-corrected chi connectivity index (χ0v) is 9.91. The molecule has 0 fully saturated rings. The predicted octanol–water partition coefficient (Wildman–Crippen LogP) is 3.05. The lowest BCUT2D eigenvalue weighted by Gasteiger charge is -2.01. The maximum absolute atomic E-state index is 11.6. The summed E-state index contributed by atoms with van der Waals surface area (Å²) < 4.78 is 0. The van der Waals surface area contributed by atoms with E-state index in [1.807, 2.05) is 42.5 Å². The lowest BCUT2D eigenvalue weighted by molar-refractivity contribution is -0.116. The van der Waals surface area contributed by atoms with Gasteiger partial charge < -0.3 is 5.32 Å². The zero-order valence-electron chi connectivity index (χ0n) is 9.91. The Hall–Kier alpha value is -2.42. The van der Waals surface area contributed by atoms with Crippen LogP contribution in [0.3, 0.4) is 0 Å². The lowest BCUT2D eigenvalue weighted by Crippen LogP contribution is -2.20. The van der Waals surface area contributed by atoms with E-state index in [2.05, 4.69) is 10.3 Å². The van der Waals surface area contributed by atoms with Gasteiger partial charge in [-0.15, -0.1) is 0 Å². The van der Waals surface area contributed by atoms with Gasteiger partial charge in [-0.3, -0.25) is 9.78 Å². The third-order valence-electron chi connectivity index (χ3n) is 2.44. The number of pyridine rings is 1. The number of nitrogens with zero attached hydrogens (tertiary/aromatic N) is 1. The Bertz CT molecular complexity index is 521. The molecule has 0 bridgehead atoms. The number of carbonyl (C=O) groups is 1. The minimum absolute atomic E-state index is 0. The molecule has 0 aliphatic carbocycles. The van der Waals surface area contributed by atoms with Crippen molar-refractivity contribution in [2.45, 2.75) is 14.0 Å². The normalized spacial score (nSPS) is 9.89. The third kappa shape index (κ3) is 5.17. The van der Waals surface area contributed by atoms with Crippen molar-refractivity contribution in [2.24, 2.45) is 0 Å². The lowest BCUT2D eigenvalue weighted by atomic mass is 10.2. The maximum atomic E-state index is 11.6. The fourth-order valence-corrected chi connectivity index (χ4v) is 1.49. The molecule has 2 rings (SSSR count). The summed E-state index contributed by atoms with van der Waals surface area (Å²) in [6, 6.07) is 13.5. The summed E-state index contributed by atoms with van der Waals surface area (Å²) in [4.78, 5) is 15.5. The first kappa shape index (κ1) is 14.6. The summed E-state index contributed by atoms with van der Waals surface area (Å²) in [7, 11) is 0. The molecule has 3 heteroatoms. The van der Waals surface area contributed by atoms with E-state index in [0.29, 0.717) is 6.54 Å². The molecule has 1 aromatic heterocycles. The minimum Gasteiger partial charge on any atom is -0.348 e. The highest BCUT2D eigenvalue weighted by atomic mass is 16.1. The Kier molecular flexibility index (Phi) is 6.03. The number of benzene rings is 1. The first-order valence-electron chi connectivity index (χ1n) is 5.74. The van der Waals surface area contributed by atoms with E-state index < -0.39 is 0 Å². The van der Waals surface area contributed by atoms with Crippen molar-refractivity contribution in [1.29, 1.82) is 0 Å². The first-order chi connectivity index (χ1) is 8.84. The number of carbonyl (C=O) groups excluding carboxylic acids is 1. The van der Waals surface area contributed by atoms with E-state index >= 15 is 0 Å². The van der Waals surface area contributed by atoms with Gasteiger partial charge in [0.2, 0.25) is 5.91 Å². The SMILES string of the molecule is C.O=C(/C=C/c1ccncc1)NCc1ccccc1. The number of nitrogens with one attached hydrogen (secondary N) is 1. The molecule has 19 heavy (non-hydrogen) atoms. The molecular formula is C16H18N2O. The standard InChI is InChI=1S/C15H14N2O.CH4/c18-15(7-6-13-8-10-16-11-9-13)17-12-14-4-2-1-3-5-14;/h1-11H,12H2,(H,17,18);1H4/b7-6+;. The van der Waals surface area contributed by atoms with Crippen LogP contribution < -0.4 is 5.32 Å².